The van der Waals surface area contributed by atoms with Crippen molar-refractivity contribution in [1.82, 2.24) is 4.90 Å². The van der Waals surface area contributed by atoms with Gasteiger partial charge in [0.2, 0.25) is 0 Å². The second kappa shape index (κ2) is 7.14. The number of rotatable bonds is 5. The highest BCUT2D eigenvalue weighted by molar-refractivity contribution is 7.86. The van der Waals surface area contributed by atoms with Gasteiger partial charge in [0.05, 0.1) is 23.8 Å². The maximum Gasteiger partial charge on any atom is 0.410 e. The highest BCUT2D eigenvalue weighted by Crippen LogP contribution is 2.22. The van der Waals surface area contributed by atoms with E-state index in [1.165, 1.54) is 29.2 Å². The third-order valence-electron chi connectivity index (χ3n) is 3.61. The summed E-state index contributed by atoms with van der Waals surface area (Å²) in [5.74, 6) is -0.133. The minimum absolute atomic E-state index is 0.0285. The van der Waals surface area contributed by atoms with Crippen molar-refractivity contribution in [2.75, 3.05) is 19.3 Å². The van der Waals surface area contributed by atoms with Crippen LogP contribution >= 0.6 is 0 Å². The molecule has 2 rings (SSSR count). The topological polar surface area (TPSA) is 116 Å². The van der Waals surface area contributed by atoms with E-state index in [9.17, 15) is 23.3 Å². The Hall–Kier alpha value is -2.20. The van der Waals surface area contributed by atoms with E-state index in [1.54, 1.807) is 6.92 Å². The van der Waals surface area contributed by atoms with Crippen molar-refractivity contribution in [2.45, 2.75) is 19.6 Å². The number of benzene rings is 1. The zero-order valence-corrected chi connectivity index (χ0v) is 14.1. The Morgan fingerprint density at radius 2 is 1.96 bits per heavy atom. The molecule has 1 aliphatic heterocycles. The summed E-state index contributed by atoms with van der Waals surface area (Å²) in [5, 5.41) is 10.6. The molecule has 1 aliphatic rings. The van der Waals surface area contributed by atoms with Gasteiger partial charge in [-0.2, -0.15) is 8.42 Å². The van der Waals surface area contributed by atoms with Gasteiger partial charge >= 0.3 is 6.09 Å². The normalized spacial score (nSPS) is 20.8. The number of likely N-dealkylation sites (tertiary alicyclic amines) is 1. The third kappa shape index (κ3) is 4.90. The molecule has 132 valence electrons. The van der Waals surface area contributed by atoms with E-state index in [2.05, 4.69) is 0 Å². The molecule has 1 heterocycles. The Balaban J connectivity index is 1.88. The number of carbonyl (C=O) groups is 1. The minimum Gasteiger partial charge on any atom is -0.445 e. The van der Waals surface area contributed by atoms with E-state index in [0.717, 1.165) is 6.26 Å². The van der Waals surface area contributed by atoms with Crippen molar-refractivity contribution < 1.29 is 27.1 Å². The zero-order chi connectivity index (χ0) is 17.9. The van der Waals surface area contributed by atoms with Gasteiger partial charge in [0.1, 0.15) is 6.61 Å². The molecular weight excluding hydrogens is 340 g/mol. The predicted octanol–water partition coefficient (Wildman–Crippen LogP) is 1.53. The third-order valence-corrected chi connectivity index (χ3v) is 4.21. The lowest BCUT2D eigenvalue weighted by Crippen LogP contribution is -2.31. The number of carbonyl (C=O) groups excluding carboxylic acids is 1. The van der Waals surface area contributed by atoms with Crippen LogP contribution in [0.15, 0.2) is 24.3 Å². The van der Waals surface area contributed by atoms with E-state index in [-0.39, 0.29) is 24.8 Å². The summed E-state index contributed by atoms with van der Waals surface area (Å²) in [6, 6.07) is 5.68. The van der Waals surface area contributed by atoms with E-state index >= 15 is 0 Å². The summed E-state index contributed by atoms with van der Waals surface area (Å²) < 4.78 is 32.5. The monoisotopic (exact) mass is 358 g/mol. The lowest BCUT2D eigenvalue weighted by atomic mass is 10.1. The Morgan fingerprint density at radius 1 is 1.33 bits per heavy atom. The summed E-state index contributed by atoms with van der Waals surface area (Å²) in [6.07, 6.45) is -0.207. The number of hydrogen-bond acceptors (Lipinski definition) is 7. The summed E-state index contributed by atoms with van der Waals surface area (Å²) in [4.78, 5) is 23.5. The molecule has 0 radical (unpaired) electrons. The maximum absolute atomic E-state index is 12.0. The predicted molar refractivity (Wildman–Crippen MR) is 83.7 cm³/mol. The van der Waals surface area contributed by atoms with Crippen LogP contribution in [0.25, 0.3) is 0 Å². The van der Waals surface area contributed by atoms with Crippen molar-refractivity contribution >= 4 is 21.9 Å². The fourth-order valence-corrected chi connectivity index (χ4v) is 3.09. The van der Waals surface area contributed by atoms with Crippen molar-refractivity contribution in [3.8, 4) is 0 Å². The Morgan fingerprint density at radius 3 is 2.50 bits per heavy atom. The Bertz CT molecular complexity index is 717. The molecule has 10 heteroatoms. The lowest BCUT2D eigenvalue weighted by Gasteiger charge is -2.16. The molecule has 1 fully saturated rings. The first-order chi connectivity index (χ1) is 11.2. The van der Waals surface area contributed by atoms with E-state index < -0.39 is 27.2 Å². The SMILES string of the molecule is CC1CN(C(=O)OCc2ccc([N+](=O)[O-])cc2)C[C@@H]1OS(C)(=O)=O. The van der Waals surface area contributed by atoms with Crippen molar-refractivity contribution in [3.05, 3.63) is 39.9 Å². The largest absolute Gasteiger partial charge is 0.445 e. The maximum atomic E-state index is 12.0. The molecular formula is C14H18N2O7S. The molecule has 9 nitrogen and oxygen atoms in total. The average Bonchev–Trinajstić information content (AvgIpc) is 2.84. The molecule has 24 heavy (non-hydrogen) atoms. The molecule has 0 saturated carbocycles. The molecule has 1 saturated heterocycles. The fourth-order valence-electron chi connectivity index (χ4n) is 2.39. The number of nitro groups is 1. The highest BCUT2D eigenvalue weighted by atomic mass is 32.2. The second-order valence-electron chi connectivity index (χ2n) is 5.70. The van der Waals surface area contributed by atoms with Crippen molar-refractivity contribution in [2.24, 2.45) is 5.92 Å². The first-order valence-corrected chi connectivity index (χ1v) is 9.00. The first-order valence-electron chi connectivity index (χ1n) is 7.19. The van der Waals surface area contributed by atoms with Crippen LogP contribution in [0, 0.1) is 16.0 Å². The number of non-ortho nitro benzene ring substituents is 1. The lowest BCUT2D eigenvalue weighted by molar-refractivity contribution is -0.384. The van der Waals surface area contributed by atoms with Crippen LogP contribution in [-0.4, -0.2) is 49.8 Å². The van der Waals surface area contributed by atoms with Crippen molar-refractivity contribution in [1.29, 1.82) is 0 Å². The highest BCUT2D eigenvalue weighted by Gasteiger charge is 2.36. The molecule has 1 amide bonds. The summed E-state index contributed by atoms with van der Waals surface area (Å²) in [5.41, 5.74) is 0.573. The van der Waals surface area contributed by atoms with Gasteiger partial charge in [-0.05, 0) is 17.7 Å². The van der Waals surface area contributed by atoms with Gasteiger partial charge in [-0.15, -0.1) is 0 Å². The van der Waals surface area contributed by atoms with Gasteiger partial charge in [-0.25, -0.2) is 4.79 Å². The first kappa shape index (κ1) is 18.1. The number of amides is 1. The zero-order valence-electron chi connectivity index (χ0n) is 13.2. The molecule has 0 spiro atoms. The number of ether oxygens (including phenoxy) is 1. The van der Waals surface area contributed by atoms with E-state index in [1.807, 2.05) is 0 Å². The fraction of sp³-hybridized carbons (Fsp3) is 0.500. The van der Waals surface area contributed by atoms with Crippen LogP contribution in [0.2, 0.25) is 0 Å². The van der Waals surface area contributed by atoms with Gasteiger partial charge in [-0.1, -0.05) is 6.92 Å². The van der Waals surface area contributed by atoms with Gasteiger partial charge in [-0.3, -0.25) is 14.3 Å². The van der Waals surface area contributed by atoms with Crippen LogP contribution in [0.4, 0.5) is 10.5 Å². The van der Waals surface area contributed by atoms with Crippen LogP contribution < -0.4 is 0 Å². The molecule has 0 aromatic heterocycles. The number of nitrogens with zero attached hydrogens (tertiary/aromatic N) is 2. The van der Waals surface area contributed by atoms with Gasteiger partial charge < -0.3 is 9.64 Å². The van der Waals surface area contributed by atoms with Gasteiger partial charge in [0.25, 0.3) is 15.8 Å². The van der Waals surface area contributed by atoms with Crippen LogP contribution in [0.5, 0.6) is 0 Å². The molecule has 0 bridgehead atoms. The summed E-state index contributed by atoms with van der Waals surface area (Å²) in [7, 11) is -3.59. The van der Waals surface area contributed by atoms with Crippen LogP contribution in [-0.2, 0) is 25.6 Å². The van der Waals surface area contributed by atoms with E-state index in [4.69, 9.17) is 8.92 Å². The Kier molecular flexibility index (Phi) is 5.40. The molecule has 1 aromatic rings. The summed E-state index contributed by atoms with van der Waals surface area (Å²) in [6.45, 7) is 2.23. The quantitative estimate of drug-likeness (QED) is 0.445. The number of nitro benzene ring substituents is 1. The molecule has 0 N–H and O–H groups in total. The standard InChI is InChI=1S/C14H18N2O7S/c1-10-7-15(8-13(10)23-24(2,20)21)14(17)22-9-11-3-5-12(6-4-11)16(18)19/h3-6,10,13H,7-9H2,1-2H3/t10?,13-/m0/s1. The van der Waals surface area contributed by atoms with Gasteiger partial charge in [0.15, 0.2) is 0 Å². The van der Waals surface area contributed by atoms with Crippen LogP contribution in [0.3, 0.4) is 0 Å². The molecule has 0 aliphatic carbocycles. The van der Waals surface area contributed by atoms with Crippen LogP contribution in [0.1, 0.15) is 12.5 Å². The minimum atomic E-state index is -3.59. The number of hydrogen-bond donors (Lipinski definition) is 0. The van der Waals surface area contributed by atoms with E-state index in [0.29, 0.717) is 12.1 Å². The summed E-state index contributed by atoms with van der Waals surface area (Å²) >= 11 is 0. The molecule has 1 unspecified atom stereocenters. The van der Waals surface area contributed by atoms with Crippen molar-refractivity contribution in [3.63, 3.8) is 0 Å². The molecule has 1 aromatic carbocycles. The average molecular weight is 358 g/mol. The second-order valence-corrected chi connectivity index (χ2v) is 7.30. The van der Waals surface area contributed by atoms with Gasteiger partial charge in [0, 0.05) is 24.6 Å². The Labute approximate surface area is 139 Å². The molecule has 2 atom stereocenters. The smallest absolute Gasteiger partial charge is 0.410 e.